The summed E-state index contributed by atoms with van der Waals surface area (Å²) in [6.45, 7) is 9.26. The zero-order valence-electron chi connectivity index (χ0n) is 17.0. The van der Waals surface area contributed by atoms with Gasteiger partial charge in [-0.2, -0.15) is 0 Å². The van der Waals surface area contributed by atoms with Gasteiger partial charge < -0.3 is 14.6 Å². The van der Waals surface area contributed by atoms with Crippen LogP contribution in [0.5, 0.6) is 0 Å². The fraction of sp³-hybridized carbons (Fsp3) is 0.478. The van der Waals surface area contributed by atoms with Gasteiger partial charge in [0.1, 0.15) is 0 Å². The third-order valence-corrected chi connectivity index (χ3v) is 6.25. The molecule has 0 bridgehead atoms. The van der Waals surface area contributed by atoms with E-state index in [1.807, 2.05) is 26.0 Å². The Balaban J connectivity index is 1.37. The Morgan fingerprint density at radius 1 is 1.29 bits per heavy atom. The molecule has 1 saturated carbocycles. The lowest BCUT2D eigenvalue weighted by Gasteiger charge is -2.27. The van der Waals surface area contributed by atoms with Crippen molar-refractivity contribution in [1.29, 1.82) is 0 Å². The highest BCUT2D eigenvalue weighted by molar-refractivity contribution is 5.87. The van der Waals surface area contributed by atoms with E-state index in [2.05, 4.69) is 37.0 Å². The van der Waals surface area contributed by atoms with Crippen molar-refractivity contribution in [3.63, 3.8) is 0 Å². The highest BCUT2D eigenvalue weighted by Crippen LogP contribution is 2.59. The van der Waals surface area contributed by atoms with E-state index in [0.717, 1.165) is 17.3 Å². The SMILES string of the molecule is CC(C)=C[C@@H]1[C@@H](C(=O)OCC(=O)N2CCc3[nH]c4ccccc4c3C2)C1(C)C. The fourth-order valence-electron chi connectivity index (χ4n) is 4.49. The number of benzene rings is 1. The Hall–Kier alpha value is -2.56. The number of para-hydroxylation sites is 1. The number of ether oxygens (including phenoxy) is 1. The van der Waals surface area contributed by atoms with Crippen LogP contribution >= 0.6 is 0 Å². The van der Waals surface area contributed by atoms with Gasteiger partial charge in [-0.15, -0.1) is 0 Å². The number of hydrogen-bond donors (Lipinski definition) is 1. The van der Waals surface area contributed by atoms with Crippen molar-refractivity contribution >= 4 is 22.8 Å². The topological polar surface area (TPSA) is 62.4 Å². The van der Waals surface area contributed by atoms with Crippen molar-refractivity contribution in [1.82, 2.24) is 9.88 Å². The molecule has 2 aromatic rings. The fourth-order valence-corrected chi connectivity index (χ4v) is 4.49. The maximum atomic E-state index is 12.7. The Kier molecular flexibility index (Phi) is 4.56. The lowest BCUT2D eigenvalue weighted by molar-refractivity contribution is -0.154. The van der Waals surface area contributed by atoms with Crippen LogP contribution in [0.2, 0.25) is 0 Å². The van der Waals surface area contributed by atoms with Crippen molar-refractivity contribution < 1.29 is 14.3 Å². The van der Waals surface area contributed by atoms with E-state index in [1.165, 1.54) is 16.8 Å². The molecule has 1 aliphatic carbocycles. The van der Waals surface area contributed by atoms with Crippen molar-refractivity contribution in [3.8, 4) is 0 Å². The van der Waals surface area contributed by atoms with E-state index in [-0.39, 0.29) is 35.7 Å². The zero-order valence-corrected chi connectivity index (χ0v) is 17.0. The largest absolute Gasteiger partial charge is 0.455 e. The van der Waals surface area contributed by atoms with Crippen LogP contribution in [-0.4, -0.2) is 34.9 Å². The number of esters is 1. The molecule has 1 N–H and O–H groups in total. The molecule has 0 radical (unpaired) electrons. The molecule has 1 aromatic heterocycles. The average molecular weight is 380 g/mol. The molecule has 0 saturated heterocycles. The van der Waals surface area contributed by atoms with Crippen molar-refractivity contribution in [2.75, 3.05) is 13.2 Å². The first-order valence-electron chi connectivity index (χ1n) is 9.97. The summed E-state index contributed by atoms with van der Waals surface area (Å²) in [7, 11) is 0. The third kappa shape index (κ3) is 3.23. The van der Waals surface area contributed by atoms with Gasteiger partial charge in [0.2, 0.25) is 0 Å². The normalized spacial score (nSPS) is 22.5. The summed E-state index contributed by atoms with van der Waals surface area (Å²) in [6.07, 6.45) is 2.93. The van der Waals surface area contributed by atoms with Gasteiger partial charge in [0, 0.05) is 41.7 Å². The highest BCUT2D eigenvalue weighted by Gasteiger charge is 2.61. The van der Waals surface area contributed by atoms with E-state index in [0.29, 0.717) is 13.1 Å². The van der Waals surface area contributed by atoms with Crippen LogP contribution in [0.15, 0.2) is 35.9 Å². The van der Waals surface area contributed by atoms with Gasteiger partial charge in [-0.25, -0.2) is 0 Å². The molecule has 1 amide bonds. The van der Waals surface area contributed by atoms with E-state index in [1.54, 1.807) is 4.90 Å². The van der Waals surface area contributed by atoms with Crippen molar-refractivity contribution in [2.24, 2.45) is 17.3 Å². The Morgan fingerprint density at radius 3 is 2.79 bits per heavy atom. The summed E-state index contributed by atoms with van der Waals surface area (Å²) in [5.41, 5.74) is 4.59. The molecular formula is C23H28N2O3. The van der Waals surface area contributed by atoms with Gasteiger partial charge in [-0.3, -0.25) is 9.59 Å². The summed E-state index contributed by atoms with van der Waals surface area (Å²) in [5.74, 6) is -0.340. The maximum Gasteiger partial charge on any atom is 0.310 e. The second kappa shape index (κ2) is 6.80. The summed E-state index contributed by atoms with van der Waals surface area (Å²) < 4.78 is 5.42. The number of rotatable bonds is 4. The summed E-state index contributed by atoms with van der Waals surface area (Å²) in [5, 5.41) is 1.16. The summed E-state index contributed by atoms with van der Waals surface area (Å²) in [6, 6.07) is 8.16. The van der Waals surface area contributed by atoms with E-state index >= 15 is 0 Å². The number of amides is 1. The minimum atomic E-state index is -0.259. The molecule has 28 heavy (non-hydrogen) atoms. The van der Waals surface area contributed by atoms with Gasteiger partial charge in [0.05, 0.1) is 5.92 Å². The van der Waals surface area contributed by atoms with Crippen LogP contribution < -0.4 is 0 Å². The second-order valence-electron chi connectivity index (χ2n) is 8.87. The summed E-state index contributed by atoms with van der Waals surface area (Å²) in [4.78, 5) is 30.4. The molecule has 1 aromatic carbocycles. The Morgan fingerprint density at radius 2 is 2.04 bits per heavy atom. The number of allylic oxidation sites excluding steroid dienone is 2. The first-order valence-corrected chi connectivity index (χ1v) is 9.97. The second-order valence-corrected chi connectivity index (χ2v) is 8.87. The van der Waals surface area contributed by atoms with Gasteiger partial charge in [-0.1, -0.05) is 43.7 Å². The van der Waals surface area contributed by atoms with Crippen molar-refractivity contribution in [2.45, 2.75) is 40.7 Å². The molecule has 1 fully saturated rings. The molecule has 0 unspecified atom stereocenters. The number of carbonyl (C=O) groups excluding carboxylic acids is 2. The minimum absolute atomic E-state index is 0.0958. The average Bonchev–Trinajstić information content (AvgIpc) is 3.01. The molecule has 2 heterocycles. The molecule has 5 heteroatoms. The first kappa shape index (κ1) is 18.8. The number of nitrogens with one attached hydrogen (secondary N) is 1. The van der Waals surface area contributed by atoms with Crippen LogP contribution in [0.3, 0.4) is 0 Å². The standard InChI is InChI=1S/C23H28N2O3/c1-14(2)11-17-21(23(17,3)4)22(27)28-13-20(26)25-10-9-19-16(12-25)15-7-5-6-8-18(15)24-19/h5-8,11,17,21,24H,9-10,12-13H2,1-4H3/t17-,21+/m1/s1. The van der Waals surface area contributed by atoms with Crippen LogP contribution in [-0.2, 0) is 27.3 Å². The lowest BCUT2D eigenvalue weighted by Crippen LogP contribution is -2.38. The number of hydrogen-bond acceptors (Lipinski definition) is 3. The number of nitrogens with zero attached hydrogens (tertiary/aromatic N) is 1. The van der Waals surface area contributed by atoms with Gasteiger partial charge in [-0.05, 0) is 31.2 Å². The lowest BCUT2D eigenvalue weighted by atomic mass is 10.0. The molecule has 1 aliphatic heterocycles. The van der Waals surface area contributed by atoms with E-state index in [4.69, 9.17) is 4.74 Å². The van der Waals surface area contributed by atoms with Crippen molar-refractivity contribution in [3.05, 3.63) is 47.2 Å². The highest BCUT2D eigenvalue weighted by atomic mass is 16.5. The Bertz CT molecular complexity index is 965. The molecule has 5 nitrogen and oxygen atoms in total. The number of carbonyl (C=O) groups is 2. The Labute approximate surface area is 165 Å². The predicted octanol–water partition coefficient (Wildman–Crippen LogP) is 3.83. The molecule has 0 spiro atoms. The van der Waals surface area contributed by atoms with E-state index in [9.17, 15) is 9.59 Å². The molecule has 4 rings (SSSR count). The maximum absolute atomic E-state index is 12.7. The van der Waals surface area contributed by atoms with Crippen LogP contribution in [0, 0.1) is 17.3 Å². The quantitative estimate of drug-likeness (QED) is 0.648. The molecule has 148 valence electrons. The minimum Gasteiger partial charge on any atom is -0.455 e. The molecular weight excluding hydrogens is 352 g/mol. The third-order valence-electron chi connectivity index (χ3n) is 6.25. The zero-order chi connectivity index (χ0) is 20.1. The van der Waals surface area contributed by atoms with Crippen LogP contribution in [0.25, 0.3) is 10.9 Å². The molecule has 2 atom stereocenters. The van der Waals surface area contributed by atoms with Crippen LogP contribution in [0.1, 0.15) is 39.0 Å². The van der Waals surface area contributed by atoms with E-state index < -0.39 is 0 Å². The smallest absolute Gasteiger partial charge is 0.310 e. The van der Waals surface area contributed by atoms with Gasteiger partial charge in [0.15, 0.2) is 6.61 Å². The number of aromatic amines is 1. The first-order chi connectivity index (χ1) is 13.3. The number of aromatic nitrogens is 1. The van der Waals surface area contributed by atoms with Crippen LogP contribution in [0.4, 0.5) is 0 Å². The number of H-pyrrole nitrogens is 1. The molecule has 2 aliphatic rings. The van der Waals surface area contributed by atoms with Gasteiger partial charge in [0.25, 0.3) is 5.91 Å². The monoisotopic (exact) mass is 380 g/mol. The summed E-state index contributed by atoms with van der Waals surface area (Å²) >= 11 is 0. The predicted molar refractivity (Wildman–Crippen MR) is 109 cm³/mol. The van der Waals surface area contributed by atoms with Gasteiger partial charge >= 0.3 is 5.97 Å². The number of fused-ring (bicyclic) bond motifs is 3.